The maximum absolute atomic E-state index is 12.7. The average molecular weight is 325 g/mol. The largest absolute Gasteiger partial charge is 0.321 e. The molecule has 0 aliphatic heterocycles. The molecule has 0 saturated carbocycles. The van der Waals surface area contributed by atoms with Crippen LogP contribution in [0.15, 0.2) is 81.3 Å². The van der Waals surface area contributed by atoms with E-state index in [0.717, 1.165) is 5.56 Å². The number of aromatic nitrogens is 1. The first-order valence-corrected chi connectivity index (χ1v) is 8.58. The van der Waals surface area contributed by atoms with Gasteiger partial charge in [0.15, 0.2) is 0 Å². The molecule has 4 nitrogen and oxygen atoms in total. The number of aryl methyl sites for hydroxylation is 1. The van der Waals surface area contributed by atoms with Gasteiger partial charge in [-0.3, -0.25) is 4.79 Å². The van der Waals surface area contributed by atoms with Gasteiger partial charge in [0.2, 0.25) is 9.84 Å². The number of hydrogen-bond donors (Lipinski definition) is 1. The summed E-state index contributed by atoms with van der Waals surface area (Å²) in [5, 5.41) is 0. The van der Waals surface area contributed by atoms with Crippen LogP contribution in [0.4, 0.5) is 0 Å². The molecule has 0 aliphatic carbocycles. The molecule has 0 saturated heterocycles. The topological polar surface area (TPSA) is 67.0 Å². The molecule has 1 heterocycles. The van der Waals surface area contributed by atoms with Crippen LogP contribution in [-0.4, -0.2) is 13.4 Å². The second-order valence-corrected chi connectivity index (χ2v) is 7.09. The lowest BCUT2D eigenvalue weighted by Gasteiger charge is -2.09. The van der Waals surface area contributed by atoms with Crippen LogP contribution in [0.1, 0.15) is 5.56 Å². The summed E-state index contributed by atoms with van der Waals surface area (Å²) < 4.78 is 25.4. The van der Waals surface area contributed by atoms with Crippen LogP contribution in [0.2, 0.25) is 0 Å². The molecule has 23 heavy (non-hydrogen) atoms. The van der Waals surface area contributed by atoms with E-state index in [9.17, 15) is 13.2 Å². The van der Waals surface area contributed by atoms with Gasteiger partial charge < -0.3 is 4.98 Å². The van der Waals surface area contributed by atoms with E-state index < -0.39 is 15.4 Å². The molecule has 0 fully saturated rings. The molecule has 2 aromatic carbocycles. The highest BCUT2D eigenvalue weighted by Gasteiger charge is 2.24. The summed E-state index contributed by atoms with van der Waals surface area (Å²) in [5.41, 5.74) is 1.25. The Morgan fingerprint density at radius 1 is 0.870 bits per heavy atom. The molecule has 0 radical (unpaired) electrons. The normalized spacial score (nSPS) is 11.3. The summed E-state index contributed by atoms with van der Waals surface area (Å²) in [6.07, 6.45) is 0. The van der Waals surface area contributed by atoms with Crippen molar-refractivity contribution in [1.82, 2.24) is 4.98 Å². The Balaban J connectivity index is 2.18. The van der Waals surface area contributed by atoms with E-state index in [1.54, 1.807) is 31.2 Å². The van der Waals surface area contributed by atoms with Crippen LogP contribution in [0, 0.1) is 6.92 Å². The number of nitrogens with one attached hydrogen (secondary N) is 1. The second kappa shape index (κ2) is 5.85. The number of benzene rings is 2. The van der Waals surface area contributed by atoms with Crippen LogP contribution in [0.5, 0.6) is 0 Å². The van der Waals surface area contributed by atoms with E-state index in [0.29, 0.717) is 11.3 Å². The molecule has 3 aromatic rings. The van der Waals surface area contributed by atoms with Crippen molar-refractivity contribution >= 4 is 9.84 Å². The van der Waals surface area contributed by atoms with E-state index in [-0.39, 0.29) is 9.79 Å². The van der Waals surface area contributed by atoms with Crippen molar-refractivity contribution in [2.45, 2.75) is 16.7 Å². The first kappa shape index (κ1) is 15.2. The minimum absolute atomic E-state index is 0.112. The summed E-state index contributed by atoms with van der Waals surface area (Å²) in [6, 6.07) is 19.0. The molecule has 0 atom stereocenters. The minimum atomic E-state index is -3.84. The predicted octanol–water partition coefficient (Wildman–Crippen LogP) is 3.18. The van der Waals surface area contributed by atoms with Crippen LogP contribution in [0.3, 0.4) is 0 Å². The van der Waals surface area contributed by atoms with E-state index in [1.165, 1.54) is 12.1 Å². The Morgan fingerprint density at radius 2 is 1.43 bits per heavy atom. The van der Waals surface area contributed by atoms with Crippen molar-refractivity contribution in [3.05, 3.63) is 82.6 Å². The number of aromatic amines is 1. The Bertz CT molecular complexity index is 991. The Labute approximate surface area is 134 Å². The number of sulfone groups is 1. The number of rotatable bonds is 3. The lowest BCUT2D eigenvalue weighted by molar-refractivity contribution is 0.594. The highest BCUT2D eigenvalue weighted by atomic mass is 32.2. The lowest BCUT2D eigenvalue weighted by Crippen LogP contribution is -2.20. The van der Waals surface area contributed by atoms with Crippen molar-refractivity contribution in [2.24, 2.45) is 0 Å². The van der Waals surface area contributed by atoms with E-state index >= 15 is 0 Å². The van der Waals surface area contributed by atoms with Crippen molar-refractivity contribution < 1.29 is 8.42 Å². The first-order valence-electron chi connectivity index (χ1n) is 7.09. The molecule has 0 spiro atoms. The zero-order chi connectivity index (χ0) is 16.4. The molecule has 1 N–H and O–H groups in total. The standard InChI is InChI=1S/C18H15NO3S/c1-13-12-16(14-8-4-2-5-9-14)19-18(20)17(13)23(21,22)15-10-6-3-7-11-15/h2-12H,1H3,(H,19,20). The highest BCUT2D eigenvalue weighted by Crippen LogP contribution is 2.23. The van der Waals surface area contributed by atoms with Crippen LogP contribution < -0.4 is 5.56 Å². The third-order valence-corrected chi connectivity index (χ3v) is 5.52. The summed E-state index contributed by atoms with van der Waals surface area (Å²) in [4.78, 5) is 15.0. The molecule has 0 amide bonds. The molecule has 1 aromatic heterocycles. The molecule has 0 unspecified atom stereocenters. The van der Waals surface area contributed by atoms with Crippen molar-refractivity contribution in [3.63, 3.8) is 0 Å². The fourth-order valence-corrected chi connectivity index (χ4v) is 4.03. The monoisotopic (exact) mass is 325 g/mol. The molecule has 0 aliphatic rings. The van der Waals surface area contributed by atoms with Crippen molar-refractivity contribution in [3.8, 4) is 11.3 Å². The molecular weight excluding hydrogens is 310 g/mol. The molecular formula is C18H15NO3S. The maximum Gasteiger partial charge on any atom is 0.267 e. The predicted molar refractivity (Wildman–Crippen MR) is 89.1 cm³/mol. The lowest BCUT2D eigenvalue weighted by atomic mass is 10.1. The smallest absolute Gasteiger partial charge is 0.267 e. The molecule has 0 bridgehead atoms. The number of H-pyrrole nitrogens is 1. The van der Waals surface area contributed by atoms with Gasteiger partial charge in [-0.1, -0.05) is 48.5 Å². The molecule has 3 rings (SSSR count). The minimum Gasteiger partial charge on any atom is -0.321 e. The summed E-state index contributed by atoms with van der Waals surface area (Å²) in [7, 11) is -3.84. The van der Waals surface area contributed by atoms with Gasteiger partial charge >= 0.3 is 0 Å². The molecule has 5 heteroatoms. The maximum atomic E-state index is 12.7. The van der Waals surface area contributed by atoms with Gasteiger partial charge in [0.05, 0.1) is 4.90 Å². The highest BCUT2D eigenvalue weighted by molar-refractivity contribution is 7.91. The summed E-state index contributed by atoms with van der Waals surface area (Å²) in [5.74, 6) is 0. The van der Waals surface area contributed by atoms with Gasteiger partial charge in [0.1, 0.15) is 4.90 Å². The SMILES string of the molecule is Cc1cc(-c2ccccc2)[nH]c(=O)c1S(=O)(=O)c1ccccc1. The van der Waals surface area contributed by atoms with E-state index in [1.807, 2.05) is 30.3 Å². The summed E-state index contributed by atoms with van der Waals surface area (Å²) >= 11 is 0. The zero-order valence-corrected chi connectivity index (χ0v) is 13.3. The number of hydrogen-bond acceptors (Lipinski definition) is 3. The fraction of sp³-hybridized carbons (Fsp3) is 0.0556. The van der Waals surface area contributed by atoms with Crippen LogP contribution in [0.25, 0.3) is 11.3 Å². The zero-order valence-electron chi connectivity index (χ0n) is 12.5. The van der Waals surface area contributed by atoms with Crippen molar-refractivity contribution in [1.29, 1.82) is 0 Å². The summed E-state index contributed by atoms with van der Waals surface area (Å²) in [6.45, 7) is 1.64. The third-order valence-electron chi connectivity index (χ3n) is 3.58. The van der Waals surface area contributed by atoms with Gasteiger partial charge in [-0.15, -0.1) is 0 Å². The molecule has 116 valence electrons. The number of pyridine rings is 1. The Morgan fingerprint density at radius 3 is 2.00 bits per heavy atom. The van der Waals surface area contributed by atoms with Gasteiger partial charge in [0.25, 0.3) is 5.56 Å². The Kier molecular flexibility index (Phi) is 3.88. The van der Waals surface area contributed by atoms with Gasteiger partial charge in [-0.25, -0.2) is 8.42 Å². The average Bonchev–Trinajstić information content (AvgIpc) is 2.55. The van der Waals surface area contributed by atoms with Gasteiger partial charge in [-0.2, -0.15) is 0 Å². The Hall–Kier alpha value is -2.66. The quantitative estimate of drug-likeness (QED) is 0.804. The first-order chi connectivity index (χ1) is 11.0. The van der Waals surface area contributed by atoms with Crippen LogP contribution in [-0.2, 0) is 9.84 Å². The van der Waals surface area contributed by atoms with Crippen LogP contribution >= 0.6 is 0 Å². The van der Waals surface area contributed by atoms with Crippen molar-refractivity contribution in [2.75, 3.05) is 0 Å². The second-order valence-electron chi connectivity index (χ2n) is 5.21. The third kappa shape index (κ3) is 2.83. The van der Waals surface area contributed by atoms with Gasteiger partial charge in [0, 0.05) is 5.69 Å². The van der Waals surface area contributed by atoms with E-state index in [4.69, 9.17) is 0 Å². The fourth-order valence-electron chi connectivity index (χ4n) is 2.50. The van der Waals surface area contributed by atoms with Gasteiger partial charge in [-0.05, 0) is 36.2 Å². The van der Waals surface area contributed by atoms with E-state index in [2.05, 4.69) is 4.98 Å².